The fourth-order valence-electron chi connectivity index (χ4n) is 0.886. The summed E-state index contributed by atoms with van der Waals surface area (Å²) in [5.74, 6) is 0.634. The second-order valence-electron chi connectivity index (χ2n) is 2.40. The summed E-state index contributed by atoms with van der Waals surface area (Å²) in [6.45, 7) is 0. The van der Waals surface area contributed by atoms with Gasteiger partial charge >= 0.3 is 6.08 Å². The molecule has 2 aromatic rings. The van der Waals surface area contributed by atoms with E-state index in [9.17, 15) is 0 Å². The molecule has 14 heavy (non-hydrogen) atoms. The van der Waals surface area contributed by atoms with E-state index in [0.717, 1.165) is 8.95 Å². The van der Waals surface area contributed by atoms with Crippen LogP contribution in [0.3, 0.4) is 0 Å². The lowest BCUT2D eigenvalue weighted by Crippen LogP contribution is -1.85. The maximum absolute atomic E-state index is 5.34. The SMILES string of the molecule is Brc1cccc(Oc2n[c]co2)c1Br. The molecule has 1 heterocycles. The van der Waals surface area contributed by atoms with Gasteiger partial charge in [-0.25, -0.2) is 0 Å². The molecule has 0 atom stereocenters. The zero-order chi connectivity index (χ0) is 9.97. The van der Waals surface area contributed by atoms with Crippen molar-refractivity contribution >= 4 is 31.9 Å². The quantitative estimate of drug-likeness (QED) is 0.845. The molecule has 0 aliphatic carbocycles. The molecule has 0 saturated heterocycles. The average Bonchev–Trinajstić information content (AvgIpc) is 2.66. The summed E-state index contributed by atoms with van der Waals surface area (Å²) in [5.41, 5.74) is 0. The van der Waals surface area contributed by atoms with Gasteiger partial charge < -0.3 is 9.15 Å². The number of aromatic nitrogens is 1. The van der Waals surface area contributed by atoms with Crippen molar-refractivity contribution in [3.63, 3.8) is 0 Å². The highest BCUT2D eigenvalue weighted by molar-refractivity contribution is 9.13. The smallest absolute Gasteiger partial charge is 0.399 e. The highest BCUT2D eigenvalue weighted by Gasteiger charge is 2.07. The fourth-order valence-corrected chi connectivity index (χ4v) is 1.58. The van der Waals surface area contributed by atoms with Crippen molar-refractivity contribution in [1.82, 2.24) is 4.98 Å². The predicted molar refractivity (Wildman–Crippen MR) is 57.3 cm³/mol. The van der Waals surface area contributed by atoms with Crippen molar-refractivity contribution in [3.8, 4) is 11.8 Å². The number of nitrogens with zero attached hydrogens (tertiary/aromatic N) is 1. The molecule has 0 spiro atoms. The fraction of sp³-hybridized carbons (Fsp3) is 0. The van der Waals surface area contributed by atoms with Crippen LogP contribution >= 0.6 is 31.9 Å². The van der Waals surface area contributed by atoms with Crippen LogP contribution in [0.1, 0.15) is 0 Å². The van der Waals surface area contributed by atoms with E-state index in [1.807, 2.05) is 12.1 Å². The molecule has 1 aromatic carbocycles. The minimum absolute atomic E-state index is 0.170. The van der Waals surface area contributed by atoms with Crippen molar-refractivity contribution < 1.29 is 9.15 Å². The molecule has 0 bridgehead atoms. The van der Waals surface area contributed by atoms with Gasteiger partial charge in [-0.3, -0.25) is 0 Å². The third kappa shape index (κ3) is 1.99. The second-order valence-corrected chi connectivity index (χ2v) is 4.04. The molecule has 0 amide bonds. The lowest BCUT2D eigenvalue weighted by atomic mass is 10.3. The first-order chi connectivity index (χ1) is 6.77. The summed E-state index contributed by atoms with van der Waals surface area (Å²) >= 11 is 6.74. The van der Waals surface area contributed by atoms with Gasteiger partial charge in [-0.05, 0) is 44.0 Å². The molecule has 5 heteroatoms. The number of ether oxygens (including phenoxy) is 1. The minimum atomic E-state index is 0.170. The molecule has 0 aliphatic rings. The van der Waals surface area contributed by atoms with Crippen LogP contribution in [0.2, 0.25) is 0 Å². The zero-order valence-corrected chi connectivity index (χ0v) is 10.0. The first-order valence-corrected chi connectivity index (χ1v) is 5.29. The Labute approximate surface area is 97.4 Å². The second kappa shape index (κ2) is 4.14. The Morgan fingerprint density at radius 2 is 2.21 bits per heavy atom. The Bertz CT molecular complexity index is 428. The maximum Gasteiger partial charge on any atom is 0.399 e. The summed E-state index contributed by atoms with van der Waals surface area (Å²) in [6, 6.07) is 5.56. The lowest BCUT2D eigenvalue weighted by molar-refractivity contribution is 0.329. The van der Waals surface area contributed by atoms with Gasteiger partial charge in [0.25, 0.3) is 0 Å². The standard InChI is InChI=1S/C9H4Br2NO2/c10-6-2-1-3-7(8(6)11)14-9-12-4-5-13-9/h1-3,5H. The van der Waals surface area contributed by atoms with E-state index in [1.54, 1.807) is 6.07 Å². The van der Waals surface area contributed by atoms with Gasteiger partial charge in [-0.2, -0.15) is 4.98 Å². The van der Waals surface area contributed by atoms with Crippen LogP contribution in [0.4, 0.5) is 0 Å². The van der Waals surface area contributed by atoms with Gasteiger partial charge in [0.15, 0.2) is 0 Å². The Balaban J connectivity index is 2.29. The first-order valence-electron chi connectivity index (χ1n) is 3.71. The van der Waals surface area contributed by atoms with Crippen molar-refractivity contribution in [2.45, 2.75) is 0 Å². The van der Waals surface area contributed by atoms with Crippen molar-refractivity contribution in [2.75, 3.05) is 0 Å². The van der Waals surface area contributed by atoms with Gasteiger partial charge in [0.2, 0.25) is 0 Å². The van der Waals surface area contributed by atoms with E-state index in [-0.39, 0.29) is 6.08 Å². The minimum Gasteiger partial charge on any atom is -0.417 e. The van der Waals surface area contributed by atoms with Crippen molar-refractivity contribution in [1.29, 1.82) is 0 Å². The third-order valence-corrected chi connectivity index (χ3v) is 3.49. The number of oxazole rings is 1. The summed E-state index contributed by atoms with van der Waals surface area (Å²) < 4.78 is 12.0. The molecule has 0 aliphatic heterocycles. The monoisotopic (exact) mass is 316 g/mol. The van der Waals surface area contributed by atoms with E-state index in [0.29, 0.717) is 5.75 Å². The van der Waals surface area contributed by atoms with Crippen LogP contribution in [0, 0.1) is 6.20 Å². The van der Waals surface area contributed by atoms with Crippen LogP contribution in [0.25, 0.3) is 0 Å². The Hall–Kier alpha value is -0.810. The van der Waals surface area contributed by atoms with Crippen LogP contribution in [0.5, 0.6) is 11.8 Å². The zero-order valence-electron chi connectivity index (χ0n) is 6.83. The summed E-state index contributed by atoms with van der Waals surface area (Å²) in [5, 5.41) is 0. The number of rotatable bonds is 2. The van der Waals surface area contributed by atoms with Gasteiger partial charge in [0.05, 0.1) is 4.47 Å². The molecule has 71 valence electrons. The topological polar surface area (TPSA) is 35.3 Å². The Morgan fingerprint density at radius 1 is 1.36 bits per heavy atom. The highest BCUT2D eigenvalue weighted by atomic mass is 79.9. The number of hydrogen-bond acceptors (Lipinski definition) is 3. The summed E-state index contributed by atoms with van der Waals surface area (Å²) in [6.07, 6.45) is 4.02. The van der Waals surface area contributed by atoms with E-state index < -0.39 is 0 Å². The molecule has 0 fully saturated rings. The predicted octanol–water partition coefficient (Wildman–Crippen LogP) is 3.79. The molecule has 1 radical (unpaired) electrons. The molecular formula is C9H4Br2NO2. The molecule has 3 nitrogen and oxygen atoms in total. The van der Waals surface area contributed by atoms with Crippen LogP contribution in [-0.2, 0) is 0 Å². The van der Waals surface area contributed by atoms with E-state index in [2.05, 4.69) is 43.0 Å². The van der Waals surface area contributed by atoms with E-state index in [4.69, 9.17) is 9.15 Å². The first kappa shape index (κ1) is 9.73. The Morgan fingerprint density at radius 3 is 2.93 bits per heavy atom. The van der Waals surface area contributed by atoms with Gasteiger partial charge in [0.1, 0.15) is 18.2 Å². The van der Waals surface area contributed by atoms with E-state index in [1.165, 1.54) is 6.26 Å². The molecule has 0 unspecified atom stereocenters. The average molecular weight is 318 g/mol. The van der Waals surface area contributed by atoms with E-state index >= 15 is 0 Å². The van der Waals surface area contributed by atoms with Crippen LogP contribution in [0.15, 0.2) is 37.8 Å². The maximum atomic E-state index is 5.34. The highest BCUT2D eigenvalue weighted by Crippen LogP contribution is 2.34. The Kier molecular flexibility index (Phi) is 2.88. The largest absolute Gasteiger partial charge is 0.417 e. The molecule has 0 N–H and O–H groups in total. The summed E-state index contributed by atoms with van der Waals surface area (Å²) in [4.78, 5) is 3.73. The number of hydrogen-bond donors (Lipinski definition) is 0. The number of halogens is 2. The molecular weight excluding hydrogens is 314 g/mol. The lowest BCUT2D eigenvalue weighted by Gasteiger charge is -2.04. The van der Waals surface area contributed by atoms with Gasteiger partial charge in [0, 0.05) is 4.47 Å². The van der Waals surface area contributed by atoms with Crippen LogP contribution < -0.4 is 4.74 Å². The molecule has 1 aromatic heterocycles. The van der Waals surface area contributed by atoms with Gasteiger partial charge in [-0.1, -0.05) is 6.07 Å². The number of benzene rings is 1. The van der Waals surface area contributed by atoms with Crippen molar-refractivity contribution in [3.05, 3.63) is 39.6 Å². The van der Waals surface area contributed by atoms with Crippen LogP contribution in [-0.4, -0.2) is 4.98 Å². The molecule has 0 saturated carbocycles. The van der Waals surface area contributed by atoms with Gasteiger partial charge in [-0.15, -0.1) is 0 Å². The summed E-state index contributed by atoms with van der Waals surface area (Å²) in [7, 11) is 0. The third-order valence-electron chi connectivity index (χ3n) is 1.48. The van der Waals surface area contributed by atoms with Crippen molar-refractivity contribution in [2.24, 2.45) is 0 Å². The molecule has 2 rings (SSSR count). The normalized spacial score (nSPS) is 10.1.